The van der Waals surface area contributed by atoms with E-state index in [2.05, 4.69) is 70.9 Å². The van der Waals surface area contributed by atoms with E-state index in [1.165, 1.54) is 0 Å². The van der Waals surface area contributed by atoms with E-state index >= 15 is 0 Å². The Morgan fingerprint density at radius 3 is 1.84 bits per heavy atom. The Bertz CT molecular complexity index is 1510. The van der Waals surface area contributed by atoms with Crippen molar-refractivity contribution in [2.24, 2.45) is 0 Å². The van der Waals surface area contributed by atoms with Crippen molar-refractivity contribution in [3.63, 3.8) is 0 Å². The summed E-state index contributed by atoms with van der Waals surface area (Å²) in [5.74, 6) is 0. The third-order valence-electron chi connectivity index (χ3n) is 5.42. The van der Waals surface area contributed by atoms with Crippen LogP contribution in [0.25, 0.3) is 54.1 Å². The monoisotopic (exact) mass is 415 g/mol. The van der Waals surface area contributed by atoms with Crippen molar-refractivity contribution in [3.8, 4) is 33.6 Å². The van der Waals surface area contributed by atoms with Gasteiger partial charge in [-0.05, 0) is 17.7 Å². The SMILES string of the molecule is c1ccc(-c2ccc3sc4nnc(-c5ccccc5)c(-c5ccccc5)c4c3n2)cc1. The topological polar surface area (TPSA) is 38.7 Å². The van der Waals surface area contributed by atoms with E-state index in [-0.39, 0.29) is 0 Å². The van der Waals surface area contributed by atoms with E-state index in [1.807, 2.05) is 42.5 Å². The van der Waals surface area contributed by atoms with Gasteiger partial charge in [0.25, 0.3) is 0 Å². The van der Waals surface area contributed by atoms with E-state index in [9.17, 15) is 0 Å². The van der Waals surface area contributed by atoms with Gasteiger partial charge in [-0.2, -0.15) is 0 Å². The molecule has 0 unspecified atom stereocenters. The van der Waals surface area contributed by atoms with Gasteiger partial charge in [-0.15, -0.1) is 21.5 Å². The van der Waals surface area contributed by atoms with Crippen LogP contribution in [0.15, 0.2) is 103 Å². The third kappa shape index (κ3) is 3.09. The van der Waals surface area contributed by atoms with Crippen LogP contribution < -0.4 is 0 Å². The zero-order valence-corrected chi connectivity index (χ0v) is 17.4. The minimum absolute atomic E-state index is 0.880. The van der Waals surface area contributed by atoms with E-state index in [4.69, 9.17) is 4.98 Å². The summed E-state index contributed by atoms with van der Waals surface area (Å²) in [4.78, 5) is 6.01. The second-order valence-electron chi connectivity index (χ2n) is 7.35. The Labute approximate surface area is 183 Å². The highest BCUT2D eigenvalue weighted by atomic mass is 32.1. The first-order valence-corrected chi connectivity index (χ1v) is 11.0. The summed E-state index contributed by atoms with van der Waals surface area (Å²) in [6.07, 6.45) is 0. The summed E-state index contributed by atoms with van der Waals surface area (Å²) in [6, 6.07) is 35.2. The first kappa shape index (κ1) is 17.9. The number of aromatic nitrogens is 3. The number of benzene rings is 3. The quantitative estimate of drug-likeness (QED) is 0.306. The number of hydrogen-bond donors (Lipinski definition) is 0. The van der Waals surface area contributed by atoms with Crippen LogP contribution >= 0.6 is 11.3 Å². The molecule has 4 heteroatoms. The zero-order valence-electron chi connectivity index (χ0n) is 16.6. The highest BCUT2D eigenvalue weighted by Gasteiger charge is 2.20. The smallest absolute Gasteiger partial charge is 0.149 e. The number of hydrogen-bond acceptors (Lipinski definition) is 4. The summed E-state index contributed by atoms with van der Waals surface area (Å²) in [5, 5.41) is 10.3. The first-order valence-electron chi connectivity index (χ1n) is 10.1. The number of nitrogens with zero attached hydrogens (tertiary/aromatic N) is 3. The van der Waals surface area contributed by atoms with Gasteiger partial charge < -0.3 is 0 Å². The minimum Gasteiger partial charge on any atom is -0.246 e. The predicted molar refractivity (Wildman–Crippen MR) is 129 cm³/mol. The molecule has 6 aromatic rings. The molecular formula is C27H17N3S. The molecule has 0 aliphatic carbocycles. The van der Waals surface area contributed by atoms with Gasteiger partial charge in [0.05, 0.1) is 15.9 Å². The first-order chi connectivity index (χ1) is 15.4. The molecule has 0 N–H and O–H groups in total. The van der Waals surface area contributed by atoms with E-state index in [0.29, 0.717) is 0 Å². The van der Waals surface area contributed by atoms with E-state index in [0.717, 1.165) is 54.1 Å². The Hall–Kier alpha value is -3.89. The Balaban J connectivity index is 1.72. The molecule has 0 saturated heterocycles. The summed E-state index contributed by atoms with van der Waals surface area (Å²) in [6.45, 7) is 0. The fourth-order valence-electron chi connectivity index (χ4n) is 3.98. The molecule has 0 amide bonds. The molecular weight excluding hydrogens is 398 g/mol. The lowest BCUT2D eigenvalue weighted by atomic mass is 9.97. The van der Waals surface area contributed by atoms with Crippen molar-refractivity contribution in [1.82, 2.24) is 15.2 Å². The van der Waals surface area contributed by atoms with Crippen LogP contribution in [0.4, 0.5) is 0 Å². The molecule has 31 heavy (non-hydrogen) atoms. The van der Waals surface area contributed by atoms with Crippen LogP contribution in [0.2, 0.25) is 0 Å². The lowest BCUT2D eigenvalue weighted by Crippen LogP contribution is -1.94. The van der Waals surface area contributed by atoms with E-state index < -0.39 is 0 Å². The number of pyridine rings is 1. The largest absolute Gasteiger partial charge is 0.246 e. The van der Waals surface area contributed by atoms with Crippen molar-refractivity contribution in [3.05, 3.63) is 103 Å². The average molecular weight is 416 g/mol. The third-order valence-corrected chi connectivity index (χ3v) is 6.45. The van der Waals surface area contributed by atoms with Gasteiger partial charge in [0, 0.05) is 22.1 Å². The molecule has 3 nitrogen and oxygen atoms in total. The summed E-state index contributed by atoms with van der Waals surface area (Å²) in [7, 11) is 0. The lowest BCUT2D eigenvalue weighted by molar-refractivity contribution is 1.09. The number of fused-ring (bicyclic) bond motifs is 3. The van der Waals surface area contributed by atoms with Gasteiger partial charge in [-0.25, -0.2) is 4.98 Å². The summed E-state index contributed by atoms with van der Waals surface area (Å²) >= 11 is 1.64. The van der Waals surface area contributed by atoms with Gasteiger partial charge in [0.2, 0.25) is 0 Å². The fourth-order valence-corrected chi connectivity index (χ4v) is 4.95. The highest BCUT2D eigenvalue weighted by Crippen LogP contribution is 2.42. The maximum Gasteiger partial charge on any atom is 0.149 e. The predicted octanol–water partition coefficient (Wildman–Crippen LogP) is 7.24. The molecule has 146 valence electrons. The molecule has 0 spiro atoms. The van der Waals surface area contributed by atoms with Crippen molar-refractivity contribution in [2.45, 2.75) is 0 Å². The van der Waals surface area contributed by atoms with Gasteiger partial charge in [0.1, 0.15) is 10.5 Å². The van der Waals surface area contributed by atoms with Gasteiger partial charge in [0.15, 0.2) is 0 Å². The van der Waals surface area contributed by atoms with Crippen LogP contribution in [-0.4, -0.2) is 15.2 Å². The molecule has 0 aliphatic rings. The summed E-state index contributed by atoms with van der Waals surface area (Å²) < 4.78 is 1.12. The van der Waals surface area contributed by atoms with Crippen LogP contribution in [-0.2, 0) is 0 Å². The molecule has 3 aromatic heterocycles. The molecule has 0 fully saturated rings. The second kappa shape index (κ2) is 7.42. The average Bonchev–Trinajstić information content (AvgIpc) is 3.23. The molecule has 0 aliphatic heterocycles. The fraction of sp³-hybridized carbons (Fsp3) is 0. The molecule has 3 aromatic carbocycles. The van der Waals surface area contributed by atoms with E-state index in [1.54, 1.807) is 11.3 Å². The Kier molecular flexibility index (Phi) is 4.29. The molecule has 0 radical (unpaired) electrons. The zero-order chi connectivity index (χ0) is 20.6. The molecule has 0 saturated carbocycles. The highest BCUT2D eigenvalue weighted by molar-refractivity contribution is 7.25. The van der Waals surface area contributed by atoms with Crippen LogP contribution in [0.3, 0.4) is 0 Å². The van der Waals surface area contributed by atoms with Crippen molar-refractivity contribution in [2.75, 3.05) is 0 Å². The number of thiophene rings is 1. The van der Waals surface area contributed by atoms with Crippen LogP contribution in [0, 0.1) is 0 Å². The van der Waals surface area contributed by atoms with Crippen LogP contribution in [0.5, 0.6) is 0 Å². The van der Waals surface area contributed by atoms with Gasteiger partial charge in [-0.3, -0.25) is 0 Å². The number of rotatable bonds is 3. The standard InChI is InChI=1S/C27H17N3S/c1-4-10-18(11-5-1)21-16-17-22-26(28-21)24-23(19-12-6-2-7-13-19)25(29-30-27(24)31-22)20-14-8-3-9-15-20/h1-17H. The summed E-state index contributed by atoms with van der Waals surface area (Å²) in [5.41, 5.74) is 7.18. The van der Waals surface area contributed by atoms with Crippen LogP contribution in [0.1, 0.15) is 0 Å². The second-order valence-corrected chi connectivity index (χ2v) is 8.38. The normalized spacial score (nSPS) is 11.2. The van der Waals surface area contributed by atoms with Crippen molar-refractivity contribution in [1.29, 1.82) is 0 Å². The minimum atomic E-state index is 0.880. The molecule has 3 heterocycles. The molecule has 6 rings (SSSR count). The Morgan fingerprint density at radius 2 is 1.16 bits per heavy atom. The maximum atomic E-state index is 5.10. The maximum absolute atomic E-state index is 5.10. The van der Waals surface area contributed by atoms with Crippen molar-refractivity contribution < 1.29 is 0 Å². The molecule has 0 atom stereocenters. The van der Waals surface area contributed by atoms with Crippen molar-refractivity contribution >= 4 is 31.8 Å². The lowest BCUT2D eigenvalue weighted by Gasteiger charge is -2.10. The van der Waals surface area contributed by atoms with Gasteiger partial charge in [-0.1, -0.05) is 91.0 Å². The molecule has 0 bridgehead atoms. The van der Waals surface area contributed by atoms with Gasteiger partial charge >= 0.3 is 0 Å². The Morgan fingerprint density at radius 1 is 0.548 bits per heavy atom.